The van der Waals surface area contributed by atoms with Gasteiger partial charge in [0.2, 0.25) is 0 Å². The van der Waals surface area contributed by atoms with Crippen molar-refractivity contribution in [1.82, 2.24) is 20.4 Å². The van der Waals surface area contributed by atoms with Gasteiger partial charge < -0.3 is 20.8 Å². The third-order valence-corrected chi connectivity index (χ3v) is 1.98. The molecular weight excluding hydrogens is 228 g/mol. The van der Waals surface area contributed by atoms with E-state index in [9.17, 15) is 9.59 Å². The summed E-state index contributed by atoms with van der Waals surface area (Å²) in [5.74, 6) is -1.29. The second kappa shape index (κ2) is 5.85. The fraction of sp³-hybridized carbons (Fsp3) is 0.444. The Labute approximate surface area is 97.2 Å². The summed E-state index contributed by atoms with van der Waals surface area (Å²) in [6, 6.07) is -0.253. The highest BCUT2D eigenvalue weighted by Gasteiger charge is 2.18. The van der Waals surface area contributed by atoms with Gasteiger partial charge in [-0.2, -0.15) is 5.10 Å². The summed E-state index contributed by atoms with van der Waals surface area (Å²) in [7, 11) is 1.75. The Morgan fingerprint density at radius 2 is 2.29 bits per heavy atom. The largest absolute Gasteiger partial charge is 0.480 e. The molecule has 0 saturated carbocycles. The van der Waals surface area contributed by atoms with Crippen LogP contribution in [0.5, 0.6) is 0 Å². The van der Waals surface area contributed by atoms with Gasteiger partial charge in [0.05, 0.1) is 18.8 Å². The summed E-state index contributed by atoms with van der Waals surface area (Å²) in [5, 5.41) is 25.9. The van der Waals surface area contributed by atoms with Crippen LogP contribution in [0, 0.1) is 0 Å². The van der Waals surface area contributed by atoms with E-state index in [0.717, 1.165) is 0 Å². The predicted octanol–water partition coefficient (Wildman–Crippen LogP) is -1.34. The van der Waals surface area contributed by atoms with Crippen molar-refractivity contribution < 1.29 is 19.8 Å². The highest BCUT2D eigenvalue weighted by atomic mass is 16.4. The van der Waals surface area contributed by atoms with Crippen LogP contribution in [0.2, 0.25) is 0 Å². The molecule has 0 bridgehead atoms. The standard InChI is InChI=1S/C9H14N4O4/c1-13-3-2-6(12-13)4-10-9(17)11-7(5-14)8(15)16/h2-3,7,14H,4-5H2,1H3,(H,15,16)(H2,10,11,17). The molecule has 94 valence electrons. The number of carboxylic acid groups (broad SMARTS) is 1. The number of carbonyl (C=O) groups excluding carboxylic acids is 1. The van der Waals surface area contributed by atoms with Crippen LogP contribution in [-0.4, -0.2) is 44.6 Å². The number of carboxylic acids is 1. The van der Waals surface area contributed by atoms with E-state index in [-0.39, 0.29) is 6.54 Å². The van der Waals surface area contributed by atoms with Crippen LogP contribution in [0.4, 0.5) is 4.79 Å². The van der Waals surface area contributed by atoms with Crippen molar-refractivity contribution in [2.45, 2.75) is 12.6 Å². The molecule has 0 spiro atoms. The molecule has 1 aromatic heterocycles. The van der Waals surface area contributed by atoms with Crippen molar-refractivity contribution in [3.05, 3.63) is 18.0 Å². The van der Waals surface area contributed by atoms with Gasteiger partial charge in [0, 0.05) is 13.2 Å². The summed E-state index contributed by atoms with van der Waals surface area (Å²) in [4.78, 5) is 21.8. The van der Waals surface area contributed by atoms with Gasteiger partial charge in [-0.15, -0.1) is 0 Å². The van der Waals surface area contributed by atoms with Gasteiger partial charge >= 0.3 is 12.0 Å². The lowest BCUT2D eigenvalue weighted by molar-refractivity contribution is -0.140. The van der Waals surface area contributed by atoms with Crippen LogP contribution in [0.15, 0.2) is 12.3 Å². The van der Waals surface area contributed by atoms with Gasteiger partial charge in [-0.05, 0) is 6.07 Å². The normalized spacial score (nSPS) is 11.9. The number of aliphatic hydroxyl groups excluding tert-OH is 1. The fourth-order valence-corrected chi connectivity index (χ4v) is 1.12. The molecule has 4 N–H and O–H groups in total. The highest BCUT2D eigenvalue weighted by molar-refractivity contribution is 5.82. The lowest BCUT2D eigenvalue weighted by Gasteiger charge is -2.11. The average molecular weight is 242 g/mol. The van der Waals surface area contributed by atoms with Crippen LogP contribution in [-0.2, 0) is 18.4 Å². The van der Waals surface area contributed by atoms with E-state index < -0.39 is 24.6 Å². The molecule has 0 aromatic carbocycles. The van der Waals surface area contributed by atoms with Gasteiger partial charge in [-0.25, -0.2) is 9.59 Å². The molecule has 17 heavy (non-hydrogen) atoms. The maximum atomic E-state index is 11.3. The first kappa shape index (κ1) is 13.0. The molecule has 0 aliphatic rings. The second-order valence-electron chi connectivity index (χ2n) is 3.38. The van der Waals surface area contributed by atoms with Crippen molar-refractivity contribution in [1.29, 1.82) is 0 Å². The van der Waals surface area contributed by atoms with E-state index in [1.165, 1.54) is 0 Å². The number of aryl methyl sites for hydroxylation is 1. The third-order valence-electron chi connectivity index (χ3n) is 1.98. The Balaban J connectivity index is 2.37. The van der Waals surface area contributed by atoms with E-state index in [4.69, 9.17) is 10.2 Å². The lowest BCUT2D eigenvalue weighted by atomic mass is 10.3. The van der Waals surface area contributed by atoms with Gasteiger partial charge in [0.25, 0.3) is 0 Å². The quantitative estimate of drug-likeness (QED) is 0.510. The summed E-state index contributed by atoms with van der Waals surface area (Å²) < 4.78 is 1.59. The highest BCUT2D eigenvalue weighted by Crippen LogP contribution is 1.92. The number of amides is 2. The number of aliphatic carboxylic acids is 1. The number of hydrogen-bond donors (Lipinski definition) is 4. The molecule has 0 aliphatic carbocycles. The topological polar surface area (TPSA) is 116 Å². The molecular formula is C9H14N4O4. The number of urea groups is 1. The molecule has 0 saturated heterocycles. The van der Waals surface area contributed by atoms with Gasteiger partial charge in [0.15, 0.2) is 6.04 Å². The average Bonchev–Trinajstić information content (AvgIpc) is 2.68. The summed E-state index contributed by atoms with van der Waals surface area (Å²) in [5.41, 5.74) is 0.651. The zero-order valence-electron chi connectivity index (χ0n) is 9.25. The van der Waals surface area contributed by atoms with E-state index in [0.29, 0.717) is 5.69 Å². The molecule has 1 heterocycles. The molecule has 1 atom stereocenters. The van der Waals surface area contributed by atoms with Crippen LogP contribution in [0.25, 0.3) is 0 Å². The van der Waals surface area contributed by atoms with E-state index in [1.807, 2.05) is 0 Å². The second-order valence-corrected chi connectivity index (χ2v) is 3.38. The summed E-state index contributed by atoms with van der Waals surface area (Å²) >= 11 is 0. The van der Waals surface area contributed by atoms with Crippen molar-refractivity contribution in [2.24, 2.45) is 7.05 Å². The van der Waals surface area contributed by atoms with Crippen LogP contribution in [0.1, 0.15) is 5.69 Å². The van der Waals surface area contributed by atoms with Crippen LogP contribution in [0.3, 0.4) is 0 Å². The number of nitrogens with one attached hydrogen (secondary N) is 2. The molecule has 1 aromatic rings. The number of aromatic nitrogens is 2. The maximum absolute atomic E-state index is 11.3. The van der Waals surface area contributed by atoms with Gasteiger partial charge in [-0.3, -0.25) is 4.68 Å². The van der Waals surface area contributed by atoms with Crippen LogP contribution >= 0.6 is 0 Å². The molecule has 0 radical (unpaired) electrons. The SMILES string of the molecule is Cn1ccc(CNC(=O)NC(CO)C(=O)O)n1. The van der Waals surface area contributed by atoms with Crippen molar-refractivity contribution in [3.63, 3.8) is 0 Å². The van der Waals surface area contributed by atoms with E-state index in [1.54, 1.807) is 24.0 Å². The number of carbonyl (C=O) groups is 2. The molecule has 2 amide bonds. The maximum Gasteiger partial charge on any atom is 0.328 e. The number of aliphatic hydroxyl groups is 1. The van der Waals surface area contributed by atoms with Crippen molar-refractivity contribution in [3.8, 4) is 0 Å². The van der Waals surface area contributed by atoms with E-state index >= 15 is 0 Å². The van der Waals surface area contributed by atoms with Gasteiger partial charge in [0.1, 0.15) is 0 Å². The Kier molecular flexibility index (Phi) is 4.46. The van der Waals surface area contributed by atoms with Crippen molar-refractivity contribution in [2.75, 3.05) is 6.61 Å². The number of rotatable bonds is 5. The van der Waals surface area contributed by atoms with E-state index in [2.05, 4.69) is 15.7 Å². The number of nitrogens with zero attached hydrogens (tertiary/aromatic N) is 2. The minimum Gasteiger partial charge on any atom is -0.480 e. The van der Waals surface area contributed by atoms with Crippen molar-refractivity contribution >= 4 is 12.0 Å². The fourth-order valence-electron chi connectivity index (χ4n) is 1.12. The molecule has 1 rings (SSSR count). The Bertz CT molecular complexity index is 403. The molecule has 1 unspecified atom stereocenters. The third kappa shape index (κ3) is 4.11. The zero-order valence-corrected chi connectivity index (χ0v) is 9.25. The number of hydrogen-bond acceptors (Lipinski definition) is 4. The summed E-state index contributed by atoms with van der Waals surface area (Å²) in [6.07, 6.45) is 1.72. The first-order valence-corrected chi connectivity index (χ1v) is 4.89. The predicted molar refractivity (Wildman–Crippen MR) is 57.1 cm³/mol. The molecule has 8 nitrogen and oxygen atoms in total. The Morgan fingerprint density at radius 3 is 2.76 bits per heavy atom. The molecule has 0 aliphatic heterocycles. The monoisotopic (exact) mass is 242 g/mol. The first-order chi connectivity index (χ1) is 8.02. The minimum atomic E-state index is -1.31. The summed E-state index contributed by atoms with van der Waals surface area (Å²) in [6.45, 7) is -0.475. The Morgan fingerprint density at radius 1 is 1.59 bits per heavy atom. The molecule has 8 heteroatoms. The van der Waals surface area contributed by atoms with Crippen LogP contribution < -0.4 is 10.6 Å². The first-order valence-electron chi connectivity index (χ1n) is 4.89. The molecule has 0 fully saturated rings. The Hall–Kier alpha value is -2.09. The minimum absolute atomic E-state index is 0.185. The smallest absolute Gasteiger partial charge is 0.328 e. The van der Waals surface area contributed by atoms with Gasteiger partial charge in [-0.1, -0.05) is 0 Å². The zero-order chi connectivity index (χ0) is 12.8. The lowest BCUT2D eigenvalue weighted by Crippen LogP contribution is -2.47.